The highest BCUT2D eigenvalue weighted by molar-refractivity contribution is 7.80. The van der Waals surface area contributed by atoms with Gasteiger partial charge >= 0.3 is 0 Å². The minimum absolute atomic E-state index is 0.0735. The number of nitrogens with zero attached hydrogens (tertiary/aromatic N) is 5. The van der Waals surface area contributed by atoms with E-state index in [0.29, 0.717) is 29.6 Å². The summed E-state index contributed by atoms with van der Waals surface area (Å²) in [5.74, 6) is 0. The minimum atomic E-state index is -0.155. The number of aromatic nitrogens is 4. The number of fused-ring (bicyclic) bond motifs is 1. The van der Waals surface area contributed by atoms with Gasteiger partial charge < -0.3 is 20.1 Å². The number of nitriles is 1. The van der Waals surface area contributed by atoms with Crippen molar-refractivity contribution in [3.05, 3.63) is 60.4 Å². The molecule has 4 heterocycles. The fourth-order valence-electron chi connectivity index (χ4n) is 3.90. The first kappa shape index (κ1) is 19.6. The maximum Gasteiger partial charge on any atom is 0.171 e. The number of ether oxygens (including phenoxy) is 2. The van der Waals surface area contributed by atoms with Crippen LogP contribution in [0.1, 0.15) is 11.6 Å². The van der Waals surface area contributed by atoms with E-state index in [2.05, 4.69) is 32.0 Å². The quantitative estimate of drug-likeness (QED) is 0.596. The van der Waals surface area contributed by atoms with Gasteiger partial charge in [0.2, 0.25) is 0 Å². The predicted molar refractivity (Wildman–Crippen MR) is 116 cm³/mol. The predicted octanol–water partition coefficient (Wildman–Crippen LogP) is 1.91. The van der Waals surface area contributed by atoms with Crippen LogP contribution in [-0.4, -0.2) is 56.6 Å². The lowest BCUT2D eigenvalue weighted by molar-refractivity contribution is 0.0624. The van der Waals surface area contributed by atoms with Crippen molar-refractivity contribution in [3.8, 4) is 17.5 Å². The molecule has 2 saturated heterocycles. The van der Waals surface area contributed by atoms with Gasteiger partial charge in [-0.15, -0.1) is 5.10 Å². The zero-order valence-electron chi connectivity index (χ0n) is 16.4. The van der Waals surface area contributed by atoms with Gasteiger partial charge in [-0.25, -0.2) is 4.68 Å². The first-order valence-electron chi connectivity index (χ1n) is 9.85. The number of hydrogen-bond donors (Lipinski definition) is 2. The fraction of sp³-hybridized carbons (Fsp3) is 0.286. The second-order valence-electron chi connectivity index (χ2n) is 7.36. The number of anilines is 1. The van der Waals surface area contributed by atoms with Gasteiger partial charge in [0.25, 0.3) is 0 Å². The molecule has 10 heteroatoms. The summed E-state index contributed by atoms with van der Waals surface area (Å²) in [6.45, 7) is 0.941. The van der Waals surface area contributed by atoms with Crippen molar-refractivity contribution in [2.24, 2.45) is 0 Å². The molecule has 1 aromatic carbocycles. The van der Waals surface area contributed by atoms with E-state index in [0.717, 1.165) is 11.4 Å². The molecular weight excluding hydrogens is 414 g/mol. The first-order chi connectivity index (χ1) is 15.2. The first-order valence-corrected chi connectivity index (χ1v) is 10.3. The van der Waals surface area contributed by atoms with E-state index in [4.69, 9.17) is 27.0 Å². The number of nitrogens with one attached hydrogen (secondary N) is 2. The Morgan fingerprint density at radius 1 is 1.13 bits per heavy atom. The number of rotatable bonds is 4. The molecule has 3 aromatic rings. The van der Waals surface area contributed by atoms with Gasteiger partial charge in [0.1, 0.15) is 23.9 Å². The molecule has 0 radical (unpaired) electrons. The van der Waals surface area contributed by atoms with Gasteiger partial charge in [0.15, 0.2) is 5.11 Å². The second-order valence-corrected chi connectivity index (χ2v) is 7.77. The Bertz CT molecular complexity index is 1130. The second kappa shape index (κ2) is 8.39. The molecule has 2 N–H and O–H groups in total. The van der Waals surface area contributed by atoms with Crippen LogP contribution in [0.3, 0.4) is 0 Å². The third kappa shape index (κ3) is 3.98. The summed E-state index contributed by atoms with van der Waals surface area (Å²) in [6, 6.07) is 14.8. The van der Waals surface area contributed by atoms with E-state index < -0.39 is 0 Å². The summed E-state index contributed by atoms with van der Waals surface area (Å²) in [5.41, 5.74) is 2.80. The van der Waals surface area contributed by atoms with Crippen LogP contribution < -0.4 is 10.6 Å². The molecule has 0 bridgehead atoms. The number of benzene rings is 1. The zero-order valence-corrected chi connectivity index (χ0v) is 17.2. The standard InChI is InChI=1S/C21H19N7O2S/c22-9-13-4-3-5-14(8-13)24-21(31)25-17-11-29-20-18(12-30-19(17)20)28-10-16(26-27-28)15-6-1-2-7-23-15/h1-8,10,17-20H,11-12H2,(H2,24,25,31)/t17-,18-,19+,20+/m0/s1. The normalized spacial score (nSPS) is 24.4. The van der Waals surface area contributed by atoms with E-state index >= 15 is 0 Å². The summed E-state index contributed by atoms with van der Waals surface area (Å²) in [6.07, 6.45) is 3.29. The molecular formula is C21H19N7O2S. The third-order valence-corrected chi connectivity index (χ3v) is 5.59. The summed E-state index contributed by atoms with van der Waals surface area (Å²) in [7, 11) is 0. The van der Waals surface area contributed by atoms with E-state index in [1.54, 1.807) is 29.1 Å². The van der Waals surface area contributed by atoms with E-state index in [1.165, 1.54) is 0 Å². The lowest BCUT2D eigenvalue weighted by Gasteiger charge is -2.20. The highest BCUT2D eigenvalue weighted by atomic mass is 32.1. The van der Waals surface area contributed by atoms with Crippen molar-refractivity contribution in [1.29, 1.82) is 5.26 Å². The molecule has 31 heavy (non-hydrogen) atoms. The molecule has 2 fully saturated rings. The van der Waals surface area contributed by atoms with E-state index in [-0.39, 0.29) is 24.3 Å². The largest absolute Gasteiger partial charge is 0.371 e. The molecule has 9 nitrogen and oxygen atoms in total. The molecule has 2 aromatic heterocycles. The van der Waals surface area contributed by atoms with Gasteiger partial charge in [0.05, 0.1) is 42.8 Å². The molecule has 0 amide bonds. The van der Waals surface area contributed by atoms with Crippen LogP contribution in [0.2, 0.25) is 0 Å². The average Bonchev–Trinajstić information content (AvgIpc) is 3.52. The fourth-order valence-corrected chi connectivity index (χ4v) is 4.17. The maximum atomic E-state index is 9.04. The van der Waals surface area contributed by atoms with Crippen LogP contribution in [0.25, 0.3) is 11.4 Å². The maximum absolute atomic E-state index is 9.04. The van der Waals surface area contributed by atoms with Crippen molar-refractivity contribution >= 4 is 23.0 Å². The van der Waals surface area contributed by atoms with Crippen LogP contribution in [-0.2, 0) is 9.47 Å². The van der Waals surface area contributed by atoms with Crippen LogP contribution >= 0.6 is 12.2 Å². The lowest BCUT2D eigenvalue weighted by atomic mass is 10.1. The Balaban J connectivity index is 1.22. The molecule has 4 atom stereocenters. The SMILES string of the molecule is N#Cc1cccc(NC(=S)N[C@H]2CO[C@H]3[C@@H]2OC[C@@H]3n2cc(-c3ccccn3)nn2)c1. The molecule has 2 aliphatic heterocycles. The Labute approximate surface area is 184 Å². The highest BCUT2D eigenvalue weighted by Crippen LogP contribution is 2.34. The Morgan fingerprint density at radius 3 is 2.87 bits per heavy atom. The van der Waals surface area contributed by atoms with Crippen LogP contribution in [0.15, 0.2) is 54.9 Å². The van der Waals surface area contributed by atoms with Crippen LogP contribution in [0.5, 0.6) is 0 Å². The zero-order chi connectivity index (χ0) is 21.2. The smallest absolute Gasteiger partial charge is 0.171 e. The van der Waals surface area contributed by atoms with Gasteiger partial charge in [0, 0.05) is 11.9 Å². The summed E-state index contributed by atoms with van der Waals surface area (Å²) in [5, 5.41) is 24.4. The molecule has 156 valence electrons. The van der Waals surface area contributed by atoms with Crippen molar-refractivity contribution < 1.29 is 9.47 Å². The number of pyridine rings is 1. The van der Waals surface area contributed by atoms with Gasteiger partial charge in [-0.05, 0) is 42.5 Å². The summed E-state index contributed by atoms with van der Waals surface area (Å²) >= 11 is 5.44. The van der Waals surface area contributed by atoms with Gasteiger partial charge in [-0.1, -0.05) is 17.3 Å². The molecule has 5 rings (SSSR count). The highest BCUT2D eigenvalue weighted by Gasteiger charge is 2.49. The summed E-state index contributed by atoms with van der Waals surface area (Å²) < 4.78 is 13.9. The molecule has 2 aliphatic rings. The molecule has 0 aliphatic carbocycles. The Kier molecular flexibility index (Phi) is 5.30. The van der Waals surface area contributed by atoms with Gasteiger partial charge in [-0.3, -0.25) is 4.98 Å². The third-order valence-electron chi connectivity index (χ3n) is 5.37. The van der Waals surface area contributed by atoms with Crippen molar-refractivity contribution in [2.45, 2.75) is 24.3 Å². The number of thiocarbonyl (C=S) groups is 1. The average molecular weight is 433 g/mol. The summed E-state index contributed by atoms with van der Waals surface area (Å²) in [4.78, 5) is 4.32. The Morgan fingerprint density at radius 2 is 2.03 bits per heavy atom. The Hall–Kier alpha value is -3.39. The molecule has 0 unspecified atom stereocenters. The van der Waals surface area contributed by atoms with Crippen LogP contribution in [0.4, 0.5) is 5.69 Å². The van der Waals surface area contributed by atoms with E-state index in [1.807, 2.05) is 30.5 Å². The van der Waals surface area contributed by atoms with Gasteiger partial charge in [-0.2, -0.15) is 5.26 Å². The topological polar surface area (TPSA) is 110 Å². The van der Waals surface area contributed by atoms with Crippen molar-refractivity contribution in [2.75, 3.05) is 18.5 Å². The lowest BCUT2D eigenvalue weighted by Crippen LogP contribution is -2.45. The molecule has 0 spiro atoms. The number of hydrogen-bond acceptors (Lipinski definition) is 7. The van der Waals surface area contributed by atoms with Crippen molar-refractivity contribution in [1.82, 2.24) is 25.3 Å². The molecule has 0 saturated carbocycles. The van der Waals surface area contributed by atoms with Crippen LogP contribution in [0, 0.1) is 11.3 Å². The minimum Gasteiger partial charge on any atom is -0.371 e. The monoisotopic (exact) mass is 433 g/mol. The van der Waals surface area contributed by atoms with E-state index in [9.17, 15) is 0 Å². The van der Waals surface area contributed by atoms with Crippen molar-refractivity contribution in [3.63, 3.8) is 0 Å².